The van der Waals surface area contributed by atoms with E-state index < -0.39 is 11.9 Å². The molecular weight excluding hydrogens is 865 g/mol. The van der Waals surface area contributed by atoms with Crippen LogP contribution in [0.5, 0.6) is 11.5 Å². The standard InChI is InChI=1S/C51H62N10O7/c1-3-67-44-31-34(17-18-40(44)54-51-52-32-42-46(56-51)53-39-15-9-8-13-37(39)49(65)57(42)2)48(64)60-24-21-35(22-25-60)59-28-26-58(27-29-59)23-10-6-4-5-7-11-30-68-43-16-12-14-36-38(43)33-61(50(36)66)41-19-20-45(62)55-47(41)63/h8-9,12-18,31-32,35,41H,3-7,10-11,19-30,33H2,1-2H3,(H,55,62,63)(H2,52,53,54,56). The first kappa shape index (κ1) is 46.5. The van der Waals surface area contributed by atoms with E-state index in [4.69, 9.17) is 14.5 Å². The summed E-state index contributed by atoms with van der Waals surface area (Å²) in [6.07, 6.45) is 10.9. The van der Waals surface area contributed by atoms with E-state index in [9.17, 15) is 24.0 Å². The number of benzene rings is 3. The van der Waals surface area contributed by atoms with Gasteiger partial charge in [0.1, 0.15) is 23.2 Å². The highest BCUT2D eigenvalue weighted by Gasteiger charge is 2.40. The number of carbonyl (C=O) groups is 5. The summed E-state index contributed by atoms with van der Waals surface area (Å²) in [5.74, 6) is 1.03. The summed E-state index contributed by atoms with van der Waals surface area (Å²) in [6, 6.07) is 18.1. The van der Waals surface area contributed by atoms with Gasteiger partial charge in [-0.05, 0) is 88.0 Å². The van der Waals surface area contributed by atoms with Gasteiger partial charge in [-0.2, -0.15) is 4.98 Å². The van der Waals surface area contributed by atoms with Crippen LogP contribution in [0.25, 0.3) is 0 Å². The van der Waals surface area contributed by atoms with Gasteiger partial charge in [0.2, 0.25) is 17.8 Å². The van der Waals surface area contributed by atoms with Gasteiger partial charge in [0, 0.05) is 75.5 Å². The number of aromatic nitrogens is 2. The Kier molecular flexibility index (Phi) is 14.5. The number of imide groups is 1. The minimum absolute atomic E-state index is 0.00126. The van der Waals surface area contributed by atoms with Crippen LogP contribution in [0.3, 0.4) is 0 Å². The lowest BCUT2D eigenvalue weighted by Gasteiger charge is -2.42. The average molecular weight is 927 g/mol. The Labute approximate surface area is 397 Å². The second-order valence-electron chi connectivity index (χ2n) is 18.3. The van der Waals surface area contributed by atoms with Crippen molar-refractivity contribution in [1.29, 1.82) is 0 Å². The van der Waals surface area contributed by atoms with Crippen molar-refractivity contribution < 1.29 is 33.4 Å². The number of piperidine rings is 2. The van der Waals surface area contributed by atoms with Gasteiger partial charge < -0.3 is 39.7 Å². The van der Waals surface area contributed by atoms with Crippen LogP contribution >= 0.6 is 0 Å². The summed E-state index contributed by atoms with van der Waals surface area (Å²) in [7, 11) is 1.70. The van der Waals surface area contributed by atoms with Crippen LogP contribution in [0.15, 0.2) is 66.9 Å². The van der Waals surface area contributed by atoms with Crippen molar-refractivity contribution >= 4 is 58.4 Å². The summed E-state index contributed by atoms with van der Waals surface area (Å²) in [5, 5.41) is 8.91. The number of ether oxygens (including phenoxy) is 2. The van der Waals surface area contributed by atoms with Gasteiger partial charge in [-0.3, -0.25) is 34.2 Å². The number of anilines is 5. The highest BCUT2D eigenvalue weighted by atomic mass is 16.5. The van der Waals surface area contributed by atoms with Crippen LogP contribution < -0.4 is 30.3 Å². The molecule has 0 spiro atoms. The normalized spacial score (nSPS) is 18.9. The van der Waals surface area contributed by atoms with E-state index in [-0.39, 0.29) is 30.0 Å². The Morgan fingerprint density at radius 1 is 0.794 bits per heavy atom. The molecule has 6 heterocycles. The van der Waals surface area contributed by atoms with E-state index in [1.54, 1.807) is 36.3 Å². The molecule has 1 unspecified atom stereocenters. The summed E-state index contributed by atoms with van der Waals surface area (Å²) in [5.41, 5.74) is 4.39. The summed E-state index contributed by atoms with van der Waals surface area (Å²) in [6.45, 7) is 10.1. The number of fused-ring (bicyclic) bond motifs is 3. The summed E-state index contributed by atoms with van der Waals surface area (Å²) < 4.78 is 12.2. The third-order valence-corrected chi connectivity index (χ3v) is 14.0. The number of piperazine rings is 1. The smallest absolute Gasteiger partial charge is 0.260 e. The van der Waals surface area contributed by atoms with E-state index in [0.717, 1.165) is 83.5 Å². The topological polar surface area (TPSA) is 182 Å². The first-order valence-electron chi connectivity index (χ1n) is 24.3. The summed E-state index contributed by atoms with van der Waals surface area (Å²) in [4.78, 5) is 83.5. The van der Waals surface area contributed by atoms with Gasteiger partial charge in [-0.1, -0.05) is 43.9 Å². The first-order chi connectivity index (χ1) is 33.1. The molecule has 68 heavy (non-hydrogen) atoms. The molecule has 3 saturated heterocycles. The van der Waals surface area contributed by atoms with Gasteiger partial charge in [-0.25, -0.2) is 4.98 Å². The van der Waals surface area contributed by atoms with Gasteiger partial charge >= 0.3 is 0 Å². The second kappa shape index (κ2) is 21.1. The molecule has 3 N–H and O–H groups in total. The van der Waals surface area contributed by atoms with Crippen molar-refractivity contribution in [2.24, 2.45) is 0 Å². The maximum atomic E-state index is 13.8. The lowest BCUT2D eigenvalue weighted by Crippen LogP contribution is -2.53. The molecule has 0 radical (unpaired) electrons. The minimum atomic E-state index is -0.633. The van der Waals surface area contributed by atoms with Crippen molar-refractivity contribution in [3.63, 3.8) is 0 Å². The molecule has 17 heteroatoms. The number of likely N-dealkylation sites (tertiary alicyclic amines) is 1. The Morgan fingerprint density at radius 2 is 1.56 bits per heavy atom. The van der Waals surface area contributed by atoms with Crippen molar-refractivity contribution in [2.75, 3.05) is 81.6 Å². The largest absolute Gasteiger partial charge is 0.493 e. The molecule has 5 aliphatic heterocycles. The molecule has 1 atom stereocenters. The quantitative estimate of drug-likeness (QED) is 0.0788. The van der Waals surface area contributed by atoms with Crippen molar-refractivity contribution in [3.8, 4) is 11.5 Å². The SMILES string of the molecule is CCOc1cc(C(=O)N2CCC(N3CCN(CCCCCCCCOc4cccc5c4CN(C4CCC(=O)NC4=O)C5=O)CC3)CC2)ccc1Nc1ncc2c(n1)Nc1ccccc1C(=O)N2C. The van der Waals surface area contributed by atoms with Crippen LogP contribution in [0.4, 0.5) is 28.8 Å². The van der Waals surface area contributed by atoms with Crippen LogP contribution in [0, 0.1) is 0 Å². The molecule has 5 aliphatic rings. The molecular formula is C51H62N10O7. The second-order valence-corrected chi connectivity index (χ2v) is 18.3. The predicted octanol–water partition coefficient (Wildman–Crippen LogP) is 6.36. The number of carbonyl (C=O) groups excluding carboxylic acids is 5. The maximum absolute atomic E-state index is 13.8. The van der Waals surface area contributed by atoms with E-state index in [0.29, 0.717) is 89.2 Å². The molecule has 9 rings (SSSR count). The molecule has 0 aliphatic carbocycles. The zero-order valence-electron chi connectivity index (χ0n) is 39.1. The average Bonchev–Trinajstić information content (AvgIpc) is 3.64. The Morgan fingerprint density at radius 3 is 2.35 bits per heavy atom. The fourth-order valence-electron chi connectivity index (χ4n) is 10.1. The molecule has 5 amide bonds. The zero-order chi connectivity index (χ0) is 47.1. The number of hydrogen-bond acceptors (Lipinski definition) is 13. The van der Waals surface area contributed by atoms with Crippen LogP contribution in [-0.4, -0.2) is 137 Å². The lowest BCUT2D eigenvalue weighted by atomic mass is 10.0. The van der Waals surface area contributed by atoms with Crippen LogP contribution in [0.2, 0.25) is 0 Å². The molecule has 3 fully saturated rings. The van der Waals surface area contributed by atoms with Gasteiger partial charge in [0.05, 0.1) is 42.9 Å². The number of nitrogens with one attached hydrogen (secondary N) is 3. The Bertz CT molecular complexity index is 2520. The number of nitrogens with zero attached hydrogens (tertiary/aromatic N) is 7. The zero-order valence-corrected chi connectivity index (χ0v) is 39.1. The molecule has 17 nitrogen and oxygen atoms in total. The predicted molar refractivity (Wildman–Crippen MR) is 258 cm³/mol. The van der Waals surface area contributed by atoms with Crippen molar-refractivity contribution in [2.45, 2.75) is 89.8 Å². The monoisotopic (exact) mass is 926 g/mol. The fraction of sp³-hybridized carbons (Fsp3) is 0.471. The Balaban J connectivity index is 0.658. The number of unbranched alkanes of at least 4 members (excludes halogenated alkanes) is 5. The molecule has 4 aromatic rings. The van der Waals surface area contributed by atoms with E-state index >= 15 is 0 Å². The first-order valence-corrected chi connectivity index (χ1v) is 24.3. The fourth-order valence-corrected chi connectivity index (χ4v) is 10.1. The molecule has 1 aromatic heterocycles. The highest BCUT2D eigenvalue weighted by Crippen LogP contribution is 2.37. The number of para-hydroxylation sites is 1. The summed E-state index contributed by atoms with van der Waals surface area (Å²) >= 11 is 0. The molecule has 3 aromatic carbocycles. The van der Waals surface area contributed by atoms with Crippen LogP contribution in [-0.2, 0) is 16.1 Å². The number of amides is 5. The molecule has 0 saturated carbocycles. The van der Waals surface area contributed by atoms with Gasteiger partial charge in [0.15, 0.2) is 5.82 Å². The number of hydrogen-bond donors (Lipinski definition) is 3. The van der Waals surface area contributed by atoms with Gasteiger partial charge in [0.25, 0.3) is 17.7 Å². The highest BCUT2D eigenvalue weighted by molar-refractivity contribution is 6.13. The van der Waals surface area contributed by atoms with E-state index in [1.165, 1.54) is 24.2 Å². The molecule has 358 valence electrons. The number of rotatable bonds is 17. The van der Waals surface area contributed by atoms with E-state index in [2.05, 4.69) is 30.7 Å². The minimum Gasteiger partial charge on any atom is -0.493 e. The van der Waals surface area contributed by atoms with E-state index in [1.807, 2.05) is 54.3 Å². The Hall–Kier alpha value is -6.59. The third kappa shape index (κ3) is 10.3. The maximum Gasteiger partial charge on any atom is 0.260 e. The molecule has 0 bridgehead atoms. The van der Waals surface area contributed by atoms with Crippen molar-refractivity contribution in [1.82, 2.24) is 34.9 Å². The van der Waals surface area contributed by atoms with Gasteiger partial charge in [-0.15, -0.1) is 0 Å². The van der Waals surface area contributed by atoms with Crippen LogP contribution in [0.1, 0.15) is 108 Å². The van der Waals surface area contributed by atoms with Crippen molar-refractivity contribution in [3.05, 3.63) is 89.1 Å². The third-order valence-electron chi connectivity index (χ3n) is 14.0. The lowest BCUT2D eigenvalue weighted by molar-refractivity contribution is -0.136.